The predicted octanol–water partition coefficient (Wildman–Crippen LogP) is 6.20. The number of methoxy groups -OCH3 is 3. The Labute approximate surface area is 261 Å². The van der Waals surface area contributed by atoms with Crippen LogP contribution in [0.3, 0.4) is 0 Å². The van der Waals surface area contributed by atoms with Gasteiger partial charge in [0.15, 0.2) is 34.5 Å². The molecule has 4 aliphatic rings. The summed E-state index contributed by atoms with van der Waals surface area (Å²) >= 11 is 0. The van der Waals surface area contributed by atoms with Crippen LogP contribution in [0.25, 0.3) is 11.1 Å². The van der Waals surface area contributed by atoms with E-state index < -0.39 is 0 Å². The van der Waals surface area contributed by atoms with Crippen LogP contribution in [-0.4, -0.2) is 56.6 Å². The highest BCUT2D eigenvalue weighted by molar-refractivity contribution is 5.79. The van der Waals surface area contributed by atoms with Crippen LogP contribution < -0.4 is 29.0 Å². The van der Waals surface area contributed by atoms with E-state index in [2.05, 4.69) is 29.4 Å². The van der Waals surface area contributed by atoms with Gasteiger partial charge in [-0.25, -0.2) is 0 Å². The Morgan fingerprint density at radius 1 is 0.822 bits per heavy atom. The first-order chi connectivity index (χ1) is 21.9. The van der Waals surface area contributed by atoms with Gasteiger partial charge in [-0.2, -0.15) is 0 Å². The molecule has 232 valence electrons. The summed E-state index contributed by atoms with van der Waals surface area (Å²) in [5, 5.41) is 25.7. The molecule has 0 saturated carbocycles. The Kier molecular flexibility index (Phi) is 6.51. The molecular weight excluding hydrogens is 572 g/mol. The Balaban J connectivity index is 1.42. The molecule has 0 amide bonds. The number of nitrogens with zero attached hydrogens (tertiary/aromatic N) is 1. The highest BCUT2D eigenvalue weighted by Crippen LogP contribution is 2.60. The smallest absolute Gasteiger partial charge is 0.216 e. The van der Waals surface area contributed by atoms with Gasteiger partial charge in [-0.15, -0.1) is 0 Å². The van der Waals surface area contributed by atoms with E-state index in [9.17, 15) is 10.2 Å². The van der Waals surface area contributed by atoms with Crippen molar-refractivity contribution in [3.63, 3.8) is 0 Å². The van der Waals surface area contributed by atoms with Crippen LogP contribution in [0.15, 0.2) is 42.5 Å². The van der Waals surface area contributed by atoms with Gasteiger partial charge < -0.3 is 39.2 Å². The van der Waals surface area contributed by atoms with Gasteiger partial charge in [-0.3, -0.25) is 4.90 Å². The summed E-state index contributed by atoms with van der Waals surface area (Å²) in [6.45, 7) is 1.60. The number of fused-ring (bicyclic) bond motifs is 5. The lowest BCUT2D eigenvalue weighted by atomic mass is 9.85. The van der Waals surface area contributed by atoms with E-state index in [1.165, 1.54) is 5.56 Å². The molecule has 45 heavy (non-hydrogen) atoms. The lowest BCUT2D eigenvalue weighted by Gasteiger charge is -2.39. The van der Waals surface area contributed by atoms with Crippen molar-refractivity contribution in [1.29, 1.82) is 0 Å². The maximum atomic E-state index is 11.1. The summed E-state index contributed by atoms with van der Waals surface area (Å²) in [5.41, 5.74) is 7.53. The maximum Gasteiger partial charge on any atom is 0.216 e. The number of phenols is 2. The Morgan fingerprint density at radius 3 is 2.40 bits per heavy atom. The van der Waals surface area contributed by atoms with E-state index in [0.717, 1.165) is 53.7 Å². The first kappa shape index (κ1) is 27.9. The number of hydrogen-bond donors (Lipinski definition) is 3. The second-order valence-corrected chi connectivity index (χ2v) is 12.3. The number of rotatable bonds is 3. The minimum atomic E-state index is -0.164. The van der Waals surface area contributed by atoms with Crippen LogP contribution >= 0.6 is 0 Å². The zero-order chi connectivity index (χ0) is 31.0. The number of aromatic hydroxyl groups is 2. The summed E-state index contributed by atoms with van der Waals surface area (Å²) in [7, 11) is 7.05. The Hall–Kier alpha value is -4.60. The standard InChI is InChI=1S/C36H36N2O7/c1-38-10-8-21-31-26(38)14-18-5-6-28(41-2)23(11-18)24-12-19(15-27(39)32(24)40)13-25-22-17-30-29(16-20(22)7-9-37-25)45-36(34(31)44-30)35(43-4)33(21)42-3/h5-6,11-12,15-17,25-26,37,39-40H,7-10,13-14H2,1-4H3/t25-,26-/m0/s1. The second-order valence-electron chi connectivity index (χ2n) is 12.3. The molecule has 9 nitrogen and oxygen atoms in total. The zero-order valence-electron chi connectivity index (χ0n) is 25.8. The molecule has 9 heteroatoms. The number of phenolic OH excluding ortho intramolecular Hbond substituents is 2. The number of hydrogen-bond acceptors (Lipinski definition) is 9. The Morgan fingerprint density at radius 2 is 1.60 bits per heavy atom. The largest absolute Gasteiger partial charge is 0.504 e. The number of ether oxygens (including phenoxy) is 5. The molecular formula is C36H36N2O7. The number of nitrogens with one attached hydrogen (secondary N) is 1. The Bertz CT molecular complexity index is 1870. The van der Waals surface area contributed by atoms with Crippen LogP contribution in [0.1, 0.15) is 45.5 Å². The van der Waals surface area contributed by atoms with Gasteiger partial charge in [0.25, 0.3) is 0 Å². The number of benzene rings is 4. The molecule has 4 aromatic carbocycles. The van der Waals surface area contributed by atoms with Crippen molar-refractivity contribution in [2.24, 2.45) is 0 Å². The first-order valence-corrected chi connectivity index (χ1v) is 15.4. The maximum absolute atomic E-state index is 11.1. The fraction of sp³-hybridized carbons (Fsp3) is 0.333. The van der Waals surface area contributed by atoms with Crippen molar-refractivity contribution in [2.75, 3.05) is 41.5 Å². The van der Waals surface area contributed by atoms with Crippen molar-refractivity contribution < 1.29 is 33.9 Å². The minimum absolute atomic E-state index is 0.0415. The lowest BCUT2D eigenvalue weighted by molar-refractivity contribution is 0.215. The van der Waals surface area contributed by atoms with E-state index in [1.807, 2.05) is 24.3 Å². The zero-order valence-corrected chi connectivity index (χ0v) is 25.8. The molecule has 0 aliphatic carbocycles. The SMILES string of the molecule is COc1ccc2cc1-c1cc(cc(O)c1O)C[C@@H]1NCCc3cc4c(cc31)Oc1c(c(OC)c(OC)c3c1[C@H](C2)N(C)CC3)O4. The average Bonchev–Trinajstić information content (AvgIpc) is 3.04. The summed E-state index contributed by atoms with van der Waals surface area (Å²) in [6, 6.07) is 13.7. The molecule has 3 N–H and O–H groups in total. The molecule has 7 bridgehead atoms. The van der Waals surface area contributed by atoms with Crippen LogP contribution in [-0.2, 0) is 25.7 Å². The van der Waals surface area contributed by atoms with Gasteiger partial charge in [0.05, 0.1) is 21.3 Å². The van der Waals surface area contributed by atoms with Gasteiger partial charge in [0, 0.05) is 40.9 Å². The van der Waals surface area contributed by atoms with Crippen molar-refractivity contribution >= 4 is 0 Å². The molecule has 8 rings (SSSR count). The van der Waals surface area contributed by atoms with Gasteiger partial charge in [-0.05, 0) is 97.9 Å². The first-order valence-electron chi connectivity index (χ1n) is 15.4. The van der Waals surface area contributed by atoms with Crippen molar-refractivity contribution in [3.8, 4) is 62.9 Å². The van der Waals surface area contributed by atoms with Gasteiger partial charge in [0.2, 0.25) is 11.5 Å². The molecule has 4 heterocycles. The van der Waals surface area contributed by atoms with Crippen LogP contribution in [0.5, 0.6) is 51.7 Å². The van der Waals surface area contributed by atoms with Crippen molar-refractivity contribution in [3.05, 3.63) is 75.8 Å². The topological polar surface area (TPSA) is 102 Å². The van der Waals surface area contributed by atoms with Gasteiger partial charge in [0.1, 0.15) is 5.75 Å². The van der Waals surface area contributed by atoms with E-state index in [4.69, 9.17) is 23.7 Å². The van der Waals surface area contributed by atoms with E-state index in [1.54, 1.807) is 27.4 Å². The predicted molar refractivity (Wildman–Crippen MR) is 169 cm³/mol. The number of likely N-dealkylation sites (N-methyl/N-ethyl adjacent to an activating group) is 1. The van der Waals surface area contributed by atoms with Crippen molar-refractivity contribution in [1.82, 2.24) is 10.2 Å². The van der Waals surface area contributed by atoms with Crippen LogP contribution in [0, 0.1) is 0 Å². The monoisotopic (exact) mass is 608 g/mol. The van der Waals surface area contributed by atoms with Gasteiger partial charge >= 0.3 is 0 Å². The quantitative estimate of drug-likeness (QED) is 0.207. The molecule has 2 atom stereocenters. The summed E-state index contributed by atoms with van der Waals surface area (Å²) < 4.78 is 31.3. The van der Waals surface area contributed by atoms with E-state index in [-0.39, 0.29) is 23.6 Å². The summed E-state index contributed by atoms with van der Waals surface area (Å²) in [5.74, 6) is 3.98. The minimum Gasteiger partial charge on any atom is -0.504 e. The fourth-order valence-electron chi connectivity index (χ4n) is 7.61. The average molecular weight is 609 g/mol. The van der Waals surface area contributed by atoms with E-state index >= 15 is 0 Å². The molecule has 0 aromatic heterocycles. The highest BCUT2D eigenvalue weighted by atomic mass is 16.6. The molecule has 0 spiro atoms. The molecule has 0 saturated heterocycles. The van der Waals surface area contributed by atoms with Crippen LogP contribution in [0.4, 0.5) is 0 Å². The highest BCUT2D eigenvalue weighted by Gasteiger charge is 2.40. The van der Waals surface area contributed by atoms with E-state index in [0.29, 0.717) is 64.2 Å². The third kappa shape index (κ3) is 4.29. The van der Waals surface area contributed by atoms with Crippen molar-refractivity contribution in [2.45, 2.75) is 37.8 Å². The molecule has 0 unspecified atom stereocenters. The summed E-state index contributed by atoms with van der Waals surface area (Å²) in [6.07, 6.45) is 2.83. The van der Waals surface area contributed by atoms with Gasteiger partial charge in [-0.1, -0.05) is 6.07 Å². The molecule has 4 aromatic rings. The third-order valence-corrected chi connectivity index (χ3v) is 9.81. The second kappa shape index (κ2) is 10.5. The third-order valence-electron chi connectivity index (χ3n) is 9.81. The molecule has 0 radical (unpaired) electrons. The van der Waals surface area contributed by atoms with Crippen LogP contribution in [0.2, 0.25) is 0 Å². The lowest BCUT2D eigenvalue weighted by Crippen LogP contribution is -2.34. The normalized spacial score (nSPS) is 19.4. The molecule has 0 fully saturated rings. The molecule has 4 aliphatic heterocycles. The summed E-state index contributed by atoms with van der Waals surface area (Å²) in [4.78, 5) is 2.33. The fourth-order valence-corrected chi connectivity index (χ4v) is 7.61.